The summed E-state index contributed by atoms with van der Waals surface area (Å²) in [6, 6.07) is 0.0540. The molecule has 2 N–H and O–H groups in total. The molecule has 1 atom stereocenters. The number of halogens is 1. The molecule has 0 spiro atoms. The summed E-state index contributed by atoms with van der Waals surface area (Å²) in [6.07, 6.45) is 3.76. The summed E-state index contributed by atoms with van der Waals surface area (Å²) in [5.41, 5.74) is 0. The Morgan fingerprint density at radius 3 is 2.48 bits per heavy atom. The lowest BCUT2D eigenvalue weighted by Gasteiger charge is -2.17. The van der Waals surface area contributed by atoms with Crippen LogP contribution in [0.4, 0.5) is 0 Å². The van der Waals surface area contributed by atoms with E-state index in [2.05, 4.69) is 15.6 Å². The quantitative estimate of drug-likeness (QED) is 0.194. The van der Waals surface area contributed by atoms with Gasteiger partial charge in [-0.25, -0.2) is 8.42 Å². The molecule has 0 bridgehead atoms. The molecule has 0 aliphatic carbocycles. The summed E-state index contributed by atoms with van der Waals surface area (Å²) < 4.78 is 32.5. The maximum atomic E-state index is 11.1. The maximum absolute atomic E-state index is 11.1. The number of unbranched alkanes of at least 4 members (excludes halogenated alkanes) is 1. The largest absolute Gasteiger partial charge is 0.382 e. The van der Waals surface area contributed by atoms with Crippen molar-refractivity contribution in [1.29, 1.82) is 0 Å². The highest BCUT2D eigenvalue weighted by Gasteiger charge is 2.09. The van der Waals surface area contributed by atoms with Gasteiger partial charge >= 0.3 is 0 Å². The number of hydrogen-bond acceptors (Lipinski definition) is 5. The topological polar surface area (TPSA) is 89.0 Å². The lowest BCUT2D eigenvalue weighted by atomic mass is 10.2. The van der Waals surface area contributed by atoms with Gasteiger partial charge in [-0.1, -0.05) is 0 Å². The molecule has 0 aromatic rings. The fourth-order valence-corrected chi connectivity index (χ4v) is 2.45. The molecule has 1 unspecified atom stereocenters. The van der Waals surface area contributed by atoms with Gasteiger partial charge in [0.1, 0.15) is 9.84 Å². The van der Waals surface area contributed by atoms with E-state index in [1.807, 2.05) is 6.92 Å². The lowest BCUT2D eigenvalue weighted by molar-refractivity contribution is 0.0689. The standard InChI is InChI=1S/C14H31N3O4S.HI/c1-13(7-12-22(4,18)19)17-14(15-2)16-8-5-6-9-21-11-10-20-3;/h13H,5-12H2,1-4H3,(H2,15,16,17);1H. The Hall–Kier alpha value is -0.130. The number of sulfone groups is 1. The maximum Gasteiger partial charge on any atom is 0.191 e. The van der Waals surface area contributed by atoms with Gasteiger partial charge in [0, 0.05) is 39.6 Å². The first-order chi connectivity index (χ1) is 10.4. The Morgan fingerprint density at radius 2 is 1.91 bits per heavy atom. The molecule has 0 heterocycles. The van der Waals surface area contributed by atoms with Crippen LogP contribution in [-0.2, 0) is 19.3 Å². The molecule has 0 aromatic heterocycles. The van der Waals surface area contributed by atoms with Crippen molar-refractivity contribution < 1.29 is 17.9 Å². The summed E-state index contributed by atoms with van der Waals surface area (Å²) >= 11 is 0. The number of guanidine groups is 1. The third-order valence-corrected chi connectivity index (χ3v) is 3.95. The predicted molar refractivity (Wildman–Crippen MR) is 106 cm³/mol. The number of rotatable bonds is 12. The van der Waals surface area contributed by atoms with Crippen LogP contribution in [0.25, 0.3) is 0 Å². The van der Waals surface area contributed by atoms with E-state index in [1.54, 1.807) is 14.2 Å². The molecule has 23 heavy (non-hydrogen) atoms. The monoisotopic (exact) mass is 465 g/mol. The van der Waals surface area contributed by atoms with Crippen molar-refractivity contribution >= 4 is 39.8 Å². The van der Waals surface area contributed by atoms with Crippen LogP contribution in [-0.4, -0.2) is 73.0 Å². The predicted octanol–water partition coefficient (Wildman–Crippen LogP) is 1.04. The minimum atomic E-state index is -2.92. The van der Waals surface area contributed by atoms with Crippen LogP contribution in [0.15, 0.2) is 4.99 Å². The van der Waals surface area contributed by atoms with E-state index in [1.165, 1.54) is 6.26 Å². The molecule has 0 aliphatic rings. The summed E-state index contributed by atoms with van der Waals surface area (Å²) in [5, 5.41) is 6.39. The van der Waals surface area contributed by atoms with Gasteiger partial charge < -0.3 is 20.1 Å². The molecule has 0 radical (unpaired) electrons. The van der Waals surface area contributed by atoms with E-state index in [9.17, 15) is 8.42 Å². The average molecular weight is 465 g/mol. The second kappa shape index (κ2) is 15.4. The van der Waals surface area contributed by atoms with Crippen molar-refractivity contribution in [3.8, 4) is 0 Å². The number of nitrogens with one attached hydrogen (secondary N) is 2. The minimum Gasteiger partial charge on any atom is -0.382 e. The zero-order valence-corrected chi connectivity index (χ0v) is 17.8. The van der Waals surface area contributed by atoms with Crippen LogP contribution >= 0.6 is 24.0 Å². The third-order valence-electron chi connectivity index (χ3n) is 2.97. The number of nitrogens with zero attached hydrogens (tertiary/aromatic N) is 1. The Labute approximate surface area is 157 Å². The van der Waals surface area contributed by atoms with Crippen molar-refractivity contribution in [3.05, 3.63) is 0 Å². The Balaban J connectivity index is 0. The van der Waals surface area contributed by atoms with Gasteiger partial charge in [-0.15, -0.1) is 24.0 Å². The number of ether oxygens (including phenoxy) is 2. The van der Waals surface area contributed by atoms with Gasteiger partial charge in [0.25, 0.3) is 0 Å². The number of hydrogen-bond donors (Lipinski definition) is 2. The summed E-state index contributed by atoms with van der Waals surface area (Å²) in [6.45, 7) is 4.72. The van der Waals surface area contributed by atoms with Crippen LogP contribution in [0.1, 0.15) is 26.2 Å². The van der Waals surface area contributed by atoms with Crippen LogP contribution < -0.4 is 10.6 Å². The van der Waals surface area contributed by atoms with Gasteiger partial charge in [0.2, 0.25) is 0 Å². The Morgan fingerprint density at radius 1 is 1.22 bits per heavy atom. The van der Waals surface area contributed by atoms with E-state index in [0.29, 0.717) is 25.6 Å². The molecule has 0 aromatic carbocycles. The van der Waals surface area contributed by atoms with Crippen LogP contribution in [0.3, 0.4) is 0 Å². The Kier molecular flexibility index (Phi) is 16.8. The summed E-state index contributed by atoms with van der Waals surface area (Å²) in [5.74, 6) is 0.873. The van der Waals surface area contributed by atoms with Gasteiger partial charge in [0.15, 0.2) is 5.96 Å². The highest BCUT2D eigenvalue weighted by atomic mass is 127. The first kappa shape index (κ1) is 25.1. The smallest absolute Gasteiger partial charge is 0.191 e. The van der Waals surface area contributed by atoms with Gasteiger partial charge in [-0.2, -0.15) is 0 Å². The molecule has 0 saturated carbocycles. The molecule has 140 valence electrons. The average Bonchev–Trinajstić information content (AvgIpc) is 2.46. The van der Waals surface area contributed by atoms with E-state index in [-0.39, 0.29) is 35.8 Å². The van der Waals surface area contributed by atoms with Crippen molar-refractivity contribution in [2.24, 2.45) is 4.99 Å². The highest BCUT2D eigenvalue weighted by molar-refractivity contribution is 14.0. The van der Waals surface area contributed by atoms with Gasteiger partial charge in [0.05, 0.1) is 19.0 Å². The molecule has 0 aliphatic heterocycles. The van der Waals surface area contributed by atoms with E-state index in [4.69, 9.17) is 9.47 Å². The molecule has 7 nitrogen and oxygen atoms in total. The van der Waals surface area contributed by atoms with Crippen molar-refractivity contribution in [1.82, 2.24) is 10.6 Å². The number of aliphatic imine (C=N–C) groups is 1. The molecule has 9 heteroatoms. The second-order valence-electron chi connectivity index (χ2n) is 5.28. The summed E-state index contributed by atoms with van der Waals surface area (Å²) in [4.78, 5) is 4.13. The van der Waals surface area contributed by atoms with E-state index < -0.39 is 9.84 Å². The SMILES string of the molecule is CN=C(NCCCCOCCOC)NC(C)CCS(C)(=O)=O.I. The van der Waals surface area contributed by atoms with Crippen LogP contribution in [0.5, 0.6) is 0 Å². The van der Waals surface area contributed by atoms with Crippen LogP contribution in [0, 0.1) is 0 Å². The molecule has 0 fully saturated rings. The van der Waals surface area contributed by atoms with Crippen molar-refractivity contribution in [2.75, 3.05) is 52.5 Å². The fourth-order valence-electron chi connectivity index (χ4n) is 1.67. The third kappa shape index (κ3) is 18.1. The zero-order chi connectivity index (χ0) is 16.8. The van der Waals surface area contributed by atoms with Gasteiger partial charge in [-0.05, 0) is 26.2 Å². The summed E-state index contributed by atoms with van der Waals surface area (Å²) in [7, 11) is 0.438. The normalized spacial score (nSPS) is 13.3. The Bertz CT molecular complexity index is 405. The molecular weight excluding hydrogens is 433 g/mol. The van der Waals surface area contributed by atoms with Crippen molar-refractivity contribution in [2.45, 2.75) is 32.2 Å². The zero-order valence-electron chi connectivity index (χ0n) is 14.6. The highest BCUT2D eigenvalue weighted by Crippen LogP contribution is 1.95. The molecular formula is C14H32IN3O4S. The molecule has 0 rings (SSSR count). The first-order valence-corrected chi connectivity index (χ1v) is 9.66. The second-order valence-corrected chi connectivity index (χ2v) is 7.53. The van der Waals surface area contributed by atoms with E-state index >= 15 is 0 Å². The van der Waals surface area contributed by atoms with E-state index in [0.717, 1.165) is 26.0 Å². The van der Waals surface area contributed by atoms with Crippen LogP contribution in [0.2, 0.25) is 0 Å². The minimum absolute atomic E-state index is 0. The lowest BCUT2D eigenvalue weighted by Crippen LogP contribution is -2.43. The molecule has 0 saturated heterocycles. The first-order valence-electron chi connectivity index (χ1n) is 7.60. The molecule has 0 amide bonds. The van der Waals surface area contributed by atoms with Gasteiger partial charge in [-0.3, -0.25) is 4.99 Å². The number of methoxy groups -OCH3 is 1. The van der Waals surface area contributed by atoms with Crippen molar-refractivity contribution in [3.63, 3.8) is 0 Å². The fraction of sp³-hybridized carbons (Fsp3) is 0.929.